The molecule has 6 heteroatoms. The fourth-order valence-corrected chi connectivity index (χ4v) is 6.89. The second-order valence-corrected chi connectivity index (χ2v) is 13.4. The Balaban J connectivity index is 1.37. The van der Waals surface area contributed by atoms with Crippen LogP contribution in [0.3, 0.4) is 0 Å². The molecule has 2 aromatic heterocycles. The number of rotatable bonds is 8. The summed E-state index contributed by atoms with van der Waals surface area (Å²) in [6.07, 6.45) is 4.05. The van der Waals surface area contributed by atoms with Crippen molar-refractivity contribution >= 4 is 47.7 Å². The van der Waals surface area contributed by atoms with Gasteiger partial charge in [-0.25, -0.2) is 4.98 Å². The topological polar surface area (TPSA) is 35.8 Å². The van der Waals surface area contributed by atoms with Gasteiger partial charge >= 0.3 is 0 Å². The molecule has 0 aliphatic heterocycles. The number of imidazole rings is 1. The number of hydrogen-bond donors (Lipinski definition) is 0. The summed E-state index contributed by atoms with van der Waals surface area (Å²) in [5.41, 5.74) is 2.78. The fourth-order valence-electron chi connectivity index (χ4n) is 4.11. The van der Waals surface area contributed by atoms with Crippen LogP contribution in [-0.2, 0) is 4.43 Å². The maximum Gasteiger partial charge on any atom is 0.283 e. The lowest BCUT2D eigenvalue weighted by molar-refractivity contribution is 0.0435. The SMILES string of the molecule is CC(C)(C)C(COc1cccc(-c2cn3cc(I)ccc3n2)c1)O[Si](c1ccccc1)c1ccccc1. The first-order chi connectivity index (χ1) is 17.9. The molecule has 0 saturated carbocycles. The Hall–Kier alpha value is -2.94. The largest absolute Gasteiger partial charge is 0.491 e. The van der Waals surface area contributed by atoms with Crippen molar-refractivity contribution in [1.29, 1.82) is 0 Å². The van der Waals surface area contributed by atoms with E-state index in [1.54, 1.807) is 0 Å². The van der Waals surface area contributed by atoms with Crippen molar-refractivity contribution < 1.29 is 9.16 Å². The highest BCUT2D eigenvalue weighted by Crippen LogP contribution is 2.27. The van der Waals surface area contributed by atoms with Crippen LogP contribution in [0, 0.1) is 8.99 Å². The molecular formula is C31H30IN2O2Si. The zero-order chi connectivity index (χ0) is 25.8. The number of benzene rings is 3. The highest BCUT2D eigenvalue weighted by Gasteiger charge is 2.32. The van der Waals surface area contributed by atoms with Crippen LogP contribution in [-0.4, -0.2) is 31.1 Å². The predicted molar refractivity (Wildman–Crippen MR) is 161 cm³/mol. The maximum atomic E-state index is 6.94. The highest BCUT2D eigenvalue weighted by atomic mass is 127. The number of fused-ring (bicyclic) bond motifs is 1. The third-order valence-corrected chi connectivity index (χ3v) is 9.12. The van der Waals surface area contributed by atoms with Crippen LogP contribution < -0.4 is 15.1 Å². The number of aromatic nitrogens is 2. The Morgan fingerprint density at radius 2 is 1.51 bits per heavy atom. The number of halogens is 1. The van der Waals surface area contributed by atoms with Gasteiger partial charge in [0.1, 0.15) is 18.0 Å². The van der Waals surface area contributed by atoms with Crippen LogP contribution in [0.15, 0.2) is 109 Å². The Kier molecular flexibility index (Phi) is 7.78. The monoisotopic (exact) mass is 617 g/mol. The Labute approximate surface area is 234 Å². The summed E-state index contributed by atoms with van der Waals surface area (Å²) in [7, 11) is -1.45. The molecule has 1 atom stereocenters. The maximum absolute atomic E-state index is 6.94. The van der Waals surface area contributed by atoms with Crippen LogP contribution in [0.4, 0.5) is 0 Å². The number of pyridine rings is 1. The minimum absolute atomic E-state index is 0.0947. The predicted octanol–water partition coefficient (Wildman–Crippen LogP) is 6.22. The Bertz CT molecular complexity index is 1430. The van der Waals surface area contributed by atoms with Gasteiger partial charge in [-0.05, 0) is 62.6 Å². The molecule has 0 amide bonds. The van der Waals surface area contributed by atoms with Crippen molar-refractivity contribution in [2.24, 2.45) is 5.41 Å². The normalized spacial score (nSPS) is 12.7. The smallest absolute Gasteiger partial charge is 0.283 e. The molecule has 0 bridgehead atoms. The van der Waals surface area contributed by atoms with Crippen LogP contribution in [0.1, 0.15) is 20.8 Å². The summed E-state index contributed by atoms with van der Waals surface area (Å²) in [6, 6.07) is 33.4. The van der Waals surface area contributed by atoms with Crippen LogP contribution in [0.25, 0.3) is 16.9 Å². The first kappa shape index (κ1) is 25.7. The van der Waals surface area contributed by atoms with E-state index >= 15 is 0 Å². The van der Waals surface area contributed by atoms with E-state index in [0.29, 0.717) is 6.61 Å². The van der Waals surface area contributed by atoms with E-state index in [2.05, 4.69) is 139 Å². The molecule has 0 N–H and O–H groups in total. The van der Waals surface area contributed by atoms with Crippen molar-refractivity contribution in [3.05, 3.63) is 113 Å². The van der Waals surface area contributed by atoms with E-state index in [9.17, 15) is 0 Å². The summed E-state index contributed by atoms with van der Waals surface area (Å²) >= 11 is 2.32. The van der Waals surface area contributed by atoms with Gasteiger partial charge in [-0.2, -0.15) is 0 Å². The number of ether oxygens (including phenoxy) is 1. The molecular weight excluding hydrogens is 587 g/mol. The van der Waals surface area contributed by atoms with Crippen molar-refractivity contribution in [2.75, 3.05) is 6.61 Å². The van der Waals surface area contributed by atoms with Gasteiger partial charge in [0.05, 0.1) is 11.8 Å². The molecule has 187 valence electrons. The van der Waals surface area contributed by atoms with Crippen LogP contribution in [0.5, 0.6) is 5.75 Å². The molecule has 5 rings (SSSR count). The molecule has 37 heavy (non-hydrogen) atoms. The minimum Gasteiger partial charge on any atom is -0.491 e. The second kappa shape index (κ2) is 11.2. The van der Waals surface area contributed by atoms with Gasteiger partial charge < -0.3 is 13.6 Å². The van der Waals surface area contributed by atoms with Crippen LogP contribution >= 0.6 is 22.6 Å². The lowest BCUT2D eigenvalue weighted by Crippen LogP contribution is -2.51. The lowest BCUT2D eigenvalue weighted by Gasteiger charge is -2.34. The standard InChI is InChI=1S/C31H30IN2O2Si/c1-31(2,3)29(36-37(26-13-6-4-7-14-26)27-15-8-5-9-16-27)22-35-25-12-10-11-23(19-25)28-21-34-20-24(32)17-18-30(34)33-28/h4-21,29H,22H2,1-3H3. The summed E-state index contributed by atoms with van der Waals surface area (Å²) in [5, 5.41) is 2.47. The minimum atomic E-state index is -1.45. The average Bonchev–Trinajstić information content (AvgIpc) is 3.33. The van der Waals surface area contributed by atoms with E-state index in [0.717, 1.165) is 22.7 Å². The van der Waals surface area contributed by atoms with Gasteiger partial charge in [0.15, 0.2) is 0 Å². The van der Waals surface area contributed by atoms with Gasteiger partial charge in [-0.15, -0.1) is 0 Å². The molecule has 5 aromatic rings. The van der Waals surface area contributed by atoms with E-state index in [1.807, 2.05) is 18.2 Å². The van der Waals surface area contributed by atoms with E-state index in [-0.39, 0.29) is 11.5 Å². The number of nitrogens with zero attached hydrogens (tertiary/aromatic N) is 2. The van der Waals surface area contributed by atoms with E-state index < -0.39 is 9.04 Å². The van der Waals surface area contributed by atoms with Crippen molar-refractivity contribution in [1.82, 2.24) is 9.38 Å². The lowest BCUT2D eigenvalue weighted by atomic mass is 9.90. The van der Waals surface area contributed by atoms with Gasteiger partial charge in [0.2, 0.25) is 0 Å². The van der Waals surface area contributed by atoms with Crippen molar-refractivity contribution in [3.8, 4) is 17.0 Å². The third kappa shape index (κ3) is 6.31. The molecule has 1 unspecified atom stereocenters. The third-order valence-electron chi connectivity index (χ3n) is 6.24. The summed E-state index contributed by atoms with van der Waals surface area (Å²) < 4.78 is 16.5. The molecule has 4 nitrogen and oxygen atoms in total. The molecule has 0 fully saturated rings. The summed E-state index contributed by atoms with van der Waals surface area (Å²) in [6.45, 7) is 7.10. The van der Waals surface area contributed by atoms with Crippen molar-refractivity contribution in [3.63, 3.8) is 0 Å². The Morgan fingerprint density at radius 1 is 0.838 bits per heavy atom. The highest BCUT2D eigenvalue weighted by molar-refractivity contribution is 14.1. The van der Waals surface area contributed by atoms with E-state index in [4.69, 9.17) is 14.1 Å². The van der Waals surface area contributed by atoms with Crippen molar-refractivity contribution in [2.45, 2.75) is 26.9 Å². The molecule has 0 saturated heterocycles. The summed E-state index contributed by atoms with van der Waals surface area (Å²) in [4.78, 5) is 4.79. The average molecular weight is 618 g/mol. The molecule has 0 aliphatic rings. The van der Waals surface area contributed by atoms with Gasteiger partial charge in [0, 0.05) is 21.5 Å². The quantitative estimate of drug-likeness (QED) is 0.153. The molecule has 1 radical (unpaired) electrons. The van der Waals surface area contributed by atoms with Crippen LogP contribution in [0.2, 0.25) is 0 Å². The first-order valence-electron chi connectivity index (χ1n) is 12.4. The molecule has 2 heterocycles. The van der Waals surface area contributed by atoms with E-state index in [1.165, 1.54) is 13.9 Å². The zero-order valence-corrected chi connectivity index (χ0v) is 24.4. The van der Waals surface area contributed by atoms with Gasteiger partial charge in [-0.3, -0.25) is 0 Å². The molecule has 0 aliphatic carbocycles. The fraction of sp³-hybridized carbons (Fsp3) is 0.194. The zero-order valence-electron chi connectivity index (χ0n) is 21.3. The van der Waals surface area contributed by atoms with Gasteiger partial charge in [0.25, 0.3) is 9.04 Å². The molecule has 3 aromatic carbocycles. The second-order valence-electron chi connectivity index (χ2n) is 10.1. The van der Waals surface area contributed by atoms with Gasteiger partial charge in [-0.1, -0.05) is 93.6 Å². The molecule has 0 spiro atoms. The first-order valence-corrected chi connectivity index (χ1v) is 14.9. The Morgan fingerprint density at radius 3 is 2.16 bits per heavy atom. The number of hydrogen-bond acceptors (Lipinski definition) is 3. The summed E-state index contributed by atoms with van der Waals surface area (Å²) in [5.74, 6) is 0.815.